The van der Waals surface area contributed by atoms with Crippen molar-refractivity contribution in [2.45, 2.75) is 0 Å². The number of benzene rings is 3. The summed E-state index contributed by atoms with van der Waals surface area (Å²) in [7, 11) is 3.29. The summed E-state index contributed by atoms with van der Waals surface area (Å²) >= 11 is 0. The van der Waals surface area contributed by atoms with Gasteiger partial charge in [-0.2, -0.15) is 4.98 Å². The molecule has 6 nitrogen and oxygen atoms in total. The largest absolute Gasteiger partial charge is 0.497 e. The first-order valence-corrected chi connectivity index (χ1v) is 9.50. The molecule has 0 spiro atoms. The molecule has 0 atom stereocenters. The molecule has 0 amide bonds. The van der Waals surface area contributed by atoms with Crippen LogP contribution in [0.1, 0.15) is 0 Å². The van der Waals surface area contributed by atoms with Crippen LogP contribution in [0.2, 0.25) is 0 Å². The van der Waals surface area contributed by atoms with Crippen LogP contribution >= 0.6 is 0 Å². The van der Waals surface area contributed by atoms with Gasteiger partial charge in [-0.05, 0) is 24.3 Å². The average Bonchev–Trinajstić information content (AvgIpc) is 2.80. The van der Waals surface area contributed by atoms with E-state index in [0.717, 1.165) is 34.1 Å². The van der Waals surface area contributed by atoms with E-state index in [1.165, 1.54) is 0 Å². The van der Waals surface area contributed by atoms with E-state index in [0.29, 0.717) is 11.8 Å². The maximum Gasteiger partial charge on any atom is 0.229 e. The van der Waals surface area contributed by atoms with Crippen LogP contribution in [0.15, 0.2) is 84.9 Å². The Bertz CT molecular complexity index is 1070. The highest BCUT2D eigenvalue weighted by molar-refractivity contribution is 5.69. The van der Waals surface area contributed by atoms with E-state index >= 15 is 0 Å². The summed E-state index contributed by atoms with van der Waals surface area (Å²) in [6, 6.07) is 27.3. The van der Waals surface area contributed by atoms with E-state index in [9.17, 15) is 0 Å². The number of hydrogen-bond acceptors (Lipinski definition) is 6. The lowest BCUT2D eigenvalue weighted by molar-refractivity contribution is 0.415. The number of hydrogen-bond donors (Lipinski definition) is 2. The molecule has 1 aromatic heterocycles. The molecule has 0 aliphatic rings. The van der Waals surface area contributed by atoms with Gasteiger partial charge in [0.2, 0.25) is 5.95 Å². The lowest BCUT2D eigenvalue weighted by Crippen LogP contribution is -2.02. The highest BCUT2D eigenvalue weighted by Crippen LogP contribution is 2.27. The number of anilines is 4. The molecule has 0 bridgehead atoms. The van der Waals surface area contributed by atoms with Crippen LogP contribution in [0.25, 0.3) is 11.3 Å². The Morgan fingerprint density at radius 3 is 1.90 bits per heavy atom. The van der Waals surface area contributed by atoms with Crippen molar-refractivity contribution in [1.29, 1.82) is 0 Å². The van der Waals surface area contributed by atoms with E-state index < -0.39 is 0 Å². The number of nitrogens with one attached hydrogen (secondary N) is 2. The van der Waals surface area contributed by atoms with E-state index in [1.807, 2.05) is 84.9 Å². The predicted octanol–water partition coefficient (Wildman–Crippen LogP) is 5.65. The average molecular weight is 398 g/mol. The maximum atomic E-state index is 5.31. The molecule has 6 heteroatoms. The van der Waals surface area contributed by atoms with Crippen LogP contribution in [0.5, 0.6) is 11.5 Å². The van der Waals surface area contributed by atoms with Crippen LogP contribution in [0, 0.1) is 0 Å². The van der Waals surface area contributed by atoms with Crippen LogP contribution < -0.4 is 20.1 Å². The van der Waals surface area contributed by atoms with Crippen molar-refractivity contribution in [2.75, 3.05) is 24.9 Å². The predicted molar refractivity (Wildman–Crippen MR) is 120 cm³/mol. The van der Waals surface area contributed by atoms with Crippen LogP contribution in [0.3, 0.4) is 0 Å². The minimum atomic E-state index is 0.481. The Morgan fingerprint density at radius 1 is 0.633 bits per heavy atom. The SMILES string of the molecule is COc1cccc(Nc2cc(-c3ccccc3)nc(Nc3cccc(OC)c3)n2)c1. The molecular weight excluding hydrogens is 376 g/mol. The summed E-state index contributed by atoms with van der Waals surface area (Å²) in [5.41, 5.74) is 3.52. The van der Waals surface area contributed by atoms with Crippen molar-refractivity contribution in [1.82, 2.24) is 9.97 Å². The molecule has 0 saturated heterocycles. The molecule has 0 fully saturated rings. The molecule has 4 rings (SSSR count). The third-order valence-electron chi connectivity index (χ3n) is 4.46. The zero-order chi connectivity index (χ0) is 20.8. The highest BCUT2D eigenvalue weighted by Gasteiger charge is 2.09. The van der Waals surface area contributed by atoms with E-state index in [4.69, 9.17) is 14.5 Å². The fourth-order valence-electron chi connectivity index (χ4n) is 3.00. The Kier molecular flexibility index (Phi) is 5.75. The van der Waals surface area contributed by atoms with Crippen molar-refractivity contribution >= 4 is 23.1 Å². The quantitative estimate of drug-likeness (QED) is 0.419. The third-order valence-corrected chi connectivity index (χ3v) is 4.46. The number of aromatic nitrogens is 2. The number of methoxy groups -OCH3 is 2. The minimum absolute atomic E-state index is 0.481. The van der Waals surface area contributed by atoms with Gasteiger partial charge in [0.15, 0.2) is 0 Å². The zero-order valence-electron chi connectivity index (χ0n) is 16.8. The Labute approximate surface area is 175 Å². The van der Waals surface area contributed by atoms with Crippen molar-refractivity contribution in [3.05, 3.63) is 84.9 Å². The fraction of sp³-hybridized carbons (Fsp3) is 0.0833. The first kappa shape index (κ1) is 19.3. The third kappa shape index (κ3) is 4.67. The highest BCUT2D eigenvalue weighted by atomic mass is 16.5. The summed E-state index contributed by atoms with van der Waals surface area (Å²) < 4.78 is 10.6. The minimum Gasteiger partial charge on any atom is -0.497 e. The number of nitrogens with zero attached hydrogens (tertiary/aromatic N) is 2. The molecule has 3 aromatic carbocycles. The molecule has 30 heavy (non-hydrogen) atoms. The van der Waals surface area contributed by atoms with E-state index in [1.54, 1.807) is 14.2 Å². The van der Waals surface area contributed by atoms with Crippen molar-refractivity contribution in [3.8, 4) is 22.8 Å². The van der Waals surface area contributed by atoms with Gasteiger partial charge >= 0.3 is 0 Å². The standard InChI is InChI=1S/C24H22N4O2/c1-29-20-12-6-10-18(14-20)25-23-16-22(17-8-4-3-5-9-17)27-24(28-23)26-19-11-7-13-21(15-19)30-2/h3-16H,1-2H3,(H2,25,26,27,28). The zero-order valence-corrected chi connectivity index (χ0v) is 16.8. The molecule has 0 saturated carbocycles. The first-order valence-electron chi connectivity index (χ1n) is 9.50. The van der Waals surface area contributed by atoms with Gasteiger partial charge in [-0.1, -0.05) is 42.5 Å². The Balaban J connectivity index is 1.70. The van der Waals surface area contributed by atoms with E-state index in [-0.39, 0.29) is 0 Å². The van der Waals surface area contributed by atoms with Gasteiger partial charge in [0.1, 0.15) is 17.3 Å². The van der Waals surface area contributed by atoms with Gasteiger partial charge in [-0.25, -0.2) is 4.98 Å². The molecule has 0 aliphatic carbocycles. The van der Waals surface area contributed by atoms with Gasteiger partial charge in [-0.15, -0.1) is 0 Å². The smallest absolute Gasteiger partial charge is 0.229 e. The molecule has 0 radical (unpaired) electrons. The van der Waals surface area contributed by atoms with Gasteiger partial charge < -0.3 is 20.1 Å². The van der Waals surface area contributed by atoms with Gasteiger partial charge in [-0.3, -0.25) is 0 Å². The summed E-state index contributed by atoms with van der Waals surface area (Å²) in [5, 5.41) is 6.61. The number of rotatable bonds is 7. The lowest BCUT2D eigenvalue weighted by Gasteiger charge is -2.12. The topological polar surface area (TPSA) is 68.3 Å². The summed E-state index contributed by atoms with van der Waals surface area (Å²) in [5.74, 6) is 2.68. The van der Waals surface area contributed by atoms with Crippen LogP contribution in [0.4, 0.5) is 23.1 Å². The second-order valence-corrected chi connectivity index (χ2v) is 6.54. The normalized spacial score (nSPS) is 10.3. The molecule has 1 heterocycles. The van der Waals surface area contributed by atoms with E-state index in [2.05, 4.69) is 15.6 Å². The second kappa shape index (κ2) is 8.96. The summed E-state index contributed by atoms with van der Waals surface area (Å²) in [6.45, 7) is 0. The monoisotopic (exact) mass is 398 g/mol. The molecule has 4 aromatic rings. The Morgan fingerprint density at radius 2 is 1.27 bits per heavy atom. The molecular formula is C24H22N4O2. The van der Waals surface area contributed by atoms with Crippen LogP contribution in [-0.4, -0.2) is 24.2 Å². The number of ether oxygens (including phenoxy) is 2. The van der Waals surface area contributed by atoms with Crippen molar-refractivity contribution < 1.29 is 9.47 Å². The Hall–Kier alpha value is -4.06. The van der Waals surface area contributed by atoms with Gasteiger partial charge in [0.05, 0.1) is 19.9 Å². The molecule has 150 valence electrons. The van der Waals surface area contributed by atoms with Gasteiger partial charge in [0, 0.05) is 35.1 Å². The summed E-state index contributed by atoms with van der Waals surface area (Å²) in [4.78, 5) is 9.35. The van der Waals surface area contributed by atoms with Crippen LogP contribution in [-0.2, 0) is 0 Å². The van der Waals surface area contributed by atoms with Gasteiger partial charge in [0.25, 0.3) is 0 Å². The summed E-state index contributed by atoms with van der Waals surface area (Å²) in [6.07, 6.45) is 0. The molecule has 0 aliphatic heterocycles. The molecule has 0 unspecified atom stereocenters. The lowest BCUT2D eigenvalue weighted by atomic mass is 10.1. The fourth-order valence-corrected chi connectivity index (χ4v) is 3.00. The maximum absolute atomic E-state index is 5.31. The van der Waals surface area contributed by atoms with Crippen molar-refractivity contribution in [3.63, 3.8) is 0 Å². The second-order valence-electron chi connectivity index (χ2n) is 6.54. The van der Waals surface area contributed by atoms with Crippen molar-refractivity contribution in [2.24, 2.45) is 0 Å². The molecule has 2 N–H and O–H groups in total. The first-order chi connectivity index (χ1) is 14.7.